The standard InChI is InChI=1S/C14H8BrClN2O2S/c15-8-4-2-1-3-7(8)11-13(19)17-12(18-14(11)20)9-5-6-10(16)21-9/h1-6H,(H2,17,18,19,20). The molecule has 0 amide bonds. The number of nitrogens with zero attached hydrogens (tertiary/aromatic N) is 1. The molecule has 0 radical (unpaired) electrons. The number of thiophene rings is 1. The van der Waals surface area contributed by atoms with E-state index in [-0.39, 0.29) is 11.4 Å². The first-order valence-corrected chi connectivity index (χ1v) is 7.89. The van der Waals surface area contributed by atoms with Crippen LogP contribution in [0.2, 0.25) is 4.34 Å². The minimum atomic E-state index is -0.408. The van der Waals surface area contributed by atoms with Crippen molar-refractivity contribution in [1.82, 2.24) is 9.97 Å². The van der Waals surface area contributed by atoms with E-state index in [1.165, 1.54) is 11.3 Å². The van der Waals surface area contributed by atoms with E-state index in [1.807, 2.05) is 6.07 Å². The van der Waals surface area contributed by atoms with Gasteiger partial charge >= 0.3 is 0 Å². The van der Waals surface area contributed by atoms with Gasteiger partial charge in [0.1, 0.15) is 5.56 Å². The van der Waals surface area contributed by atoms with Crippen molar-refractivity contribution < 1.29 is 5.11 Å². The molecule has 0 aliphatic heterocycles. The Balaban J connectivity index is 2.18. The Morgan fingerprint density at radius 3 is 2.62 bits per heavy atom. The fourth-order valence-corrected chi connectivity index (χ4v) is 3.40. The Labute approximate surface area is 137 Å². The fraction of sp³-hybridized carbons (Fsp3) is 0. The van der Waals surface area contributed by atoms with Crippen LogP contribution < -0.4 is 5.56 Å². The maximum absolute atomic E-state index is 12.3. The molecule has 7 heteroatoms. The quantitative estimate of drug-likeness (QED) is 0.694. The molecule has 0 aliphatic rings. The average molecular weight is 384 g/mol. The van der Waals surface area contributed by atoms with E-state index in [1.54, 1.807) is 30.3 Å². The lowest BCUT2D eigenvalue weighted by Gasteiger charge is -2.06. The van der Waals surface area contributed by atoms with Gasteiger partial charge in [-0.15, -0.1) is 11.3 Å². The zero-order chi connectivity index (χ0) is 15.0. The van der Waals surface area contributed by atoms with Crippen molar-refractivity contribution in [1.29, 1.82) is 0 Å². The van der Waals surface area contributed by atoms with E-state index in [0.717, 1.165) is 0 Å². The van der Waals surface area contributed by atoms with Gasteiger partial charge in [-0.1, -0.05) is 45.7 Å². The molecule has 3 aromatic rings. The first-order valence-electron chi connectivity index (χ1n) is 5.90. The van der Waals surface area contributed by atoms with Crippen molar-refractivity contribution in [2.24, 2.45) is 0 Å². The van der Waals surface area contributed by atoms with E-state index in [2.05, 4.69) is 25.9 Å². The lowest BCUT2D eigenvalue weighted by Crippen LogP contribution is -2.12. The molecule has 106 valence electrons. The molecular formula is C14H8BrClN2O2S. The van der Waals surface area contributed by atoms with E-state index in [4.69, 9.17) is 11.6 Å². The van der Waals surface area contributed by atoms with Crippen LogP contribution in [0.4, 0.5) is 0 Å². The number of benzene rings is 1. The molecule has 2 heterocycles. The smallest absolute Gasteiger partial charge is 0.263 e. The summed E-state index contributed by atoms with van der Waals surface area (Å²) in [4.78, 5) is 19.7. The van der Waals surface area contributed by atoms with Crippen molar-refractivity contribution in [3.63, 3.8) is 0 Å². The Morgan fingerprint density at radius 2 is 2.00 bits per heavy atom. The molecule has 0 aliphatic carbocycles. The predicted octanol–water partition coefficient (Wildman–Crippen LogP) is 4.29. The van der Waals surface area contributed by atoms with E-state index >= 15 is 0 Å². The molecule has 1 aromatic carbocycles. The topological polar surface area (TPSA) is 66.0 Å². The number of H-pyrrole nitrogens is 1. The van der Waals surface area contributed by atoms with Gasteiger partial charge < -0.3 is 10.1 Å². The monoisotopic (exact) mass is 382 g/mol. The lowest BCUT2D eigenvalue weighted by atomic mass is 10.1. The van der Waals surface area contributed by atoms with Crippen LogP contribution in [0.3, 0.4) is 0 Å². The third-order valence-electron chi connectivity index (χ3n) is 2.85. The van der Waals surface area contributed by atoms with Gasteiger partial charge in [-0.05, 0) is 18.2 Å². The molecular weight excluding hydrogens is 376 g/mol. The van der Waals surface area contributed by atoms with E-state index in [9.17, 15) is 9.90 Å². The third-order valence-corrected chi connectivity index (χ3v) is 4.78. The zero-order valence-corrected chi connectivity index (χ0v) is 13.6. The van der Waals surface area contributed by atoms with E-state index in [0.29, 0.717) is 25.1 Å². The third kappa shape index (κ3) is 2.74. The highest BCUT2D eigenvalue weighted by Crippen LogP contribution is 2.33. The molecule has 0 spiro atoms. The minimum absolute atomic E-state index is 0.133. The first kappa shape index (κ1) is 14.3. The summed E-state index contributed by atoms with van der Waals surface area (Å²) in [7, 11) is 0. The normalized spacial score (nSPS) is 10.8. The van der Waals surface area contributed by atoms with Crippen LogP contribution in [0.25, 0.3) is 21.8 Å². The average Bonchev–Trinajstić information content (AvgIpc) is 2.87. The second-order valence-electron chi connectivity index (χ2n) is 4.20. The number of nitrogens with one attached hydrogen (secondary N) is 1. The van der Waals surface area contributed by atoms with Gasteiger partial charge in [-0.25, -0.2) is 0 Å². The number of aromatic nitrogens is 2. The van der Waals surface area contributed by atoms with Crippen LogP contribution in [-0.4, -0.2) is 15.1 Å². The van der Waals surface area contributed by atoms with Crippen molar-refractivity contribution in [2.75, 3.05) is 0 Å². The van der Waals surface area contributed by atoms with Gasteiger partial charge in [0, 0.05) is 10.0 Å². The van der Waals surface area contributed by atoms with Gasteiger partial charge in [-0.3, -0.25) is 4.79 Å². The summed E-state index contributed by atoms with van der Waals surface area (Å²) in [5, 5.41) is 10.1. The predicted molar refractivity (Wildman–Crippen MR) is 88.0 cm³/mol. The number of hydrogen-bond acceptors (Lipinski definition) is 4. The van der Waals surface area contributed by atoms with Crippen LogP contribution in [0.1, 0.15) is 0 Å². The molecule has 21 heavy (non-hydrogen) atoms. The maximum atomic E-state index is 12.3. The highest BCUT2D eigenvalue weighted by Gasteiger charge is 2.16. The zero-order valence-electron chi connectivity index (χ0n) is 10.4. The van der Waals surface area contributed by atoms with Gasteiger partial charge in [0.15, 0.2) is 5.82 Å². The number of aromatic amines is 1. The molecule has 0 saturated carbocycles. The Hall–Kier alpha value is -1.63. The summed E-state index contributed by atoms with van der Waals surface area (Å²) >= 11 is 10.5. The molecule has 2 aromatic heterocycles. The Morgan fingerprint density at radius 1 is 1.24 bits per heavy atom. The van der Waals surface area contributed by atoms with Crippen molar-refractivity contribution in [3.8, 4) is 27.7 Å². The van der Waals surface area contributed by atoms with Crippen LogP contribution in [0, 0.1) is 0 Å². The van der Waals surface area contributed by atoms with Crippen LogP contribution in [0.15, 0.2) is 45.7 Å². The van der Waals surface area contributed by atoms with E-state index < -0.39 is 5.56 Å². The molecule has 4 nitrogen and oxygen atoms in total. The Kier molecular flexibility index (Phi) is 3.84. The molecule has 0 saturated heterocycles. The maximum Gasteiger partial charge on any atom is 0.263 e. The summed E-state index contributed by atoms with van der Waals surface area (Å²) in [5.74, 6) is -0.0182. The summed E-state index contributed by atoms with van der Waals surface area (Å²) in [6.07, 6.45) is 0. The number of hydrogen-bond donors (Lipinski definition) is 2. The largest absolute Gasteiger partial charge is 0.493 e. The van der Waals surface area contributed by atoms with Crippen molar-refractivity contribution in [3.05, 3.63) is 55.6 Å². The highest BCUT2D eigenvalue weighted by molar-refractivity contribution is 9.10. The van der Waals surface area contributed by atoms with Crippen molar-refractivity contribution in [2.45, 2.75) is 0 Å². The van der Waals surface area contributed by atoms with Crippen molar-refractivity contribution >= 4 is 38.9 Å². The SMILES string of the molecule is O=c1[nH]c(-c2ccc(Cl)s2)nc(O)c1-c1ccccc1Br. The number of rotatable bonds is 2. The van der Waals surface area contributed by atoms with Gasteiger partial charge in [-0.2, -0.15) is 4.98 Å². The van der Waals surface area contributed by atoms with Crippen LogP contribution >= 0.6 is 38.9 Å². The summed E-state index contributed by atoms with van der Waals surface area (Å²) in [6, 6.07) is 10.6. The minimum Gasteiger partial charge on any atom is -0.493 e. The molecule has 0 unspecified atom stereocenters. The van der Waals surface area contributed by atoms with Crippen LogP contribution in [0.5, 0.6) is 5.88 Å². The fourth-order valence-electron chi connectivity index (χ4n) is 1.93. The lowest BCUT2D eigenvalue weighted by molar-refractivity contribution is 0.454. The van der Waals surface area contributed by atoms with Gasteiger partial charge in [0.25, 0.3) is 5.56 Å². The molecule has 2 N–H and O–H groups in total. The molecule has 0 atom stereocenters. The summed E-state index contributed by atoms with van der Waals surface area (Å²) in [5.41, 5.74) is 0.308. The number of aromatic hydroxyl groups is 1. The van der Waals surface area contributed by atoms with Gasteiger partial charge in [0.05, 0.1) is 9.21 Å². The molecule has 0 bridgehead atoms. The second-order valence-corrected chi connectivity index (χ2v) is 6.77. The molecule has 3 rings (SSSR count). The second kappa shape index (κ2) is 5.63. The highest BCUT2D eigenvalue weighted by atomic mass is 79.9. The summed E-state index contributed by atoms with van der Waals surface area (Å²) in [6.45, 7) is 0. The van der Waals surface area contributed by atoms with Crippen LogP contribution in [-0.2, 0) is 0 Å². The number of halogens is 2. The summed E-state index contributed by atoms with van der Waals surface area (Å²) < 4.78 is 1.29. The molecule has 0 fully saturated rings. The van der Waals surface area contributed by atoms with Gasteiger partial charge in [0.2, 0.25) is 5.88 Å². The first-order chi connectivity index (χ1) is 10.1. The Bertz CT molecular complexity index is 875.